The summed E-state index contributed by atoms with van der Waals surface area (Å²) in [4.78, 5) is 0. The van der Waals surface area contributed by atoms with Gasteiger partial charge in [0, 0.05) is 17.1 Å². The smallest absolute Gasteiger partial charge is 0.198 e. The maximum Gasteiger partial charge on any atom is 0.198 e. The molecule has 112 valence electrons. The Balaban J connectivity index is 2.27. The van der Waals surface area contributed by atoms with E-state index < -0.39 is 23.2 Å². The lowest BCUT2D eigenvalue weighted by Gasteiger charge is -2.10. The Morgan fingerprint density at radius 1 is 1.05 bits per heavy atom. The lowest BCUT2D eigenvalue weighted by Crippen LogP contribution is -2.12. The average Bonchev–Trinajstić information content (AvgIpc) is 2.39. The number of benzene rings is 2. The summed E-state index contributed by atoms with van der Waals surface area (Å²) in [6.45, 7) is 2.95. The topological polar surface area (TPSA) is 21.3 Å². The van der Waals surface area contributed by atoms with E-state index >= 15 is 0 Å². The number of hydrogen-bond acceptors (Lipinski definition) is 2. The number of halogens is 4. The molecule has 0 aromatic heterocycles. The second-order valence-corrected chi connectivity index (χ2v) is 5.29. The fourth-order valence-electron chi connectivity index (χ4n) is 1.79. The van der Waals surface area contributed by atoms with Gasteiger partial charge in [-0.2, -0.15) is 0 Å². The van der Waals surface area contributed by atoms with Gasteiger partial charge in [0.15, 0.2) is 17.4 Å². The SMILES string of the molecule is CCNCc1cc(F)c(Oc2cc(F)cc(Br)c2)c(F)c1. The Hall–Kier alpha value is -1.53. The minimum absolute atomic E-state index is 0.0131. The summed E-state index contributed by atoms with van der Waals surface area (Å²) in [6.07, 6.45) is 0. The van der Waals surface area contributed by atoms with Crippen LogP contribution in [0.15, 0.2) is 34.8 Å². The molecular weight excluding hydrogens is 347 g/mol. The molecule has 0 spiro atoms. The summed E-state index contributed by atoms with van der Waals surface area (Å²) in [7, 11) is 0. The van der Waals surface area contributed by atoms with E-state index in [9.17, 15) is 13.2 Å². The van der Waals surface area contributed by atoms with Gasteiger partial charge in [-0.15, -0.1) is 0 Å². The molecule has 0 saturated heterocycles. The highest BCUT2D eigenvalue weighted by Crippen LogP contribution is 2.30. The Morgan fingerprint density at radius 2 is 1.71 bits per heavy atom. The predicted octanol–water partition coefficient (Wildman–Crippen LogP) is 4.77. The number of ether oxygens (including phenoxy) is 1. The van der Waals surface area contributed by atoms with Crippen molar-refractivity contribution in [1.82, 2.24) is 5.32 Å². The third-order valence-electron chi connectivity index (χ3n) is 2.69. The first-order valence-corrected chi connectivity index (χ1v) is 7.11. The van der Waals surface area contributed by atoms with Crippen molar-refractivity contribution in [3.8, 4) is 11.5 Å². The first-order valence-electron chi connectivity index (χ1n) is 6.32. The van der Waals surface area contributed by atoms with Crippen molar-refractivity contribution < 1.29 is 17.9 Å². The monoisotopic (exact) mass is 359 g/mol. The van der Waals surface area contributed by atoms with Gasteiger partial charge in [-0.1, -0.05) is 22.9 Å². The summed E-state index contributed by atoms with van der Waals surface area (Å²) in [5, 5.41) is 2.97. The van der Waals surface area contributed by atoms with Crippen LogP contribution in [0.3, 0.4) is 0 Å². The van der Waals surface area contributed by atoms with Crippen LogP contribution in [-0.4, -0.2) is 6.54 Å². The lowest BCUT2D eigenvalue weighted by molar-refractivity contribution is 0.403. The van der Waals surface area contributed by atoms with Crippen LogP contribution in [0.4, 0.5) is 13.2 Å². The fourth-order valence-corrected chi connectivity index (χ4v) is 2.23. The molecule has 2 rings (SSSR count). The van der Waals surface area contributed by atoms with E-state index in [1.165, 1.54) is 24.3 Å². The van der Waals surface area contributed by atoms with E-state index in [1.807, 2.05) is 6.92 Å². The molecule has 0 saturated carbocycles. The zero-order valence-corrected chi connectivity index (χ0v) is 12.8. The van der Waals surface area contributed by atoms with Crippen molar-refractivity contribution in [2.24, 2.45) is 0 Å². The molecule has 0 aliphatic rings. The Labute approximate surface area is 129 Å². The summed E-state index contributed by atoms with van der Waals surface area (Å²) in [5.41, 5.74) is 0.472. The molecule has 2 aromatic rings. The number of hydrogen-bond donors (Lipinski definition) is 1. The first kappa shape index (κ1) is 15.9. The van der Waals surface area contributed by atoms with Crippen LogP contribution in [0, 0.1) is 17.5 Å². The van der Waals surface area contributed by atoms with Crippen LogP contribution in [0.2, 0.25) is 0 Å². The van der Waals surface area contributed by atoms with Crippen LogP contribution in [0.1, 0.15) is 12.5 Å². The Kier molecular flexibility index (Phi) is 5.25. The van der Waals surface area contributed by atoms with Crippen molar-refractivity contribution in [2.75, 3.05) is 6.54 Å². The van der Waals surface area contributed by atoms with Gasteiger partial charge in [-0.3, -0.25) is 0 Å². The number of nitrogens with one attached hydrogen (secondary N) is 1. The normalized spacial score (nSPS) is 10.7. The quantitative estimate of drug-likeness (QED) is 0.830. The van der Waals surface area contributed by atoms with Crippen molar-refractivity contribution in [2.45, 2.75) is 13.5 Å². The van der Waals surface area contributed by atoms with Gasteiger partial charge < -0.3 is 10.1 Å². The summed E-state index contributed by atoms with van der Waals surface area (Å²) in [6, 6.07) is 6.08. The molecule has 2 aromatic carbocycles. The molecule has 0 unspecified atom stereocenters. The second kappa shape index (κ2) is 6.95. The van der Waals surface area contributed by atoms with Crippen molar-refractivity contribution >= 4 is 15.9 Å². The van der Waals surface area contributed by atoms with E-state index in [-0.39, 0.29) is 5.75 Å². The van der Waals surface area contributed by atoms with Gasteiger partial charge >= 0.3 is 0 Å². The van der Waals surface area contributed by atoms with Crippen molar-refractivity contribution in [1.29, 1.82) is 0 Å². The highest BCUT2D eigenvalue weighted by molar-refractivity contribution is 9.10. The minimum Gasteiger partial charge on any atom is -0.451 e. The van der Waals surface area contributed by atoms with Gasteiger partial charge in [0.1, 0.15) is 11.6 Å². The Morgan fingerprint density at radius 3 is 2.29 bits per heavy atom. The maximum atomic E-state index is 13.9. The Bertz CT molecular complexity index is 606. The fraction of sp³-hybridized carbons (Fsp3) is 0.200. The molecule has 0 fully saturated rings. The molecule has 21 heavy (non-hydrogen) atoms. The van der Waals surface area contributed by atoms with E-state index in [1.54, 1.807) is 0 Å². The molecule has 0 aliphatic heterocycles. The molecule has 2 nitrogen and oxygen atoms in total. The summed E-state index contributed by atoms with van der Waals surface area (Å²) >= 11 is 3.09. The molecule has 0 bridgehead atoms. The van der Waals surface area contributed by atoms with E-state index in [4.69, 9.17) is 4.74 Å². The molecule has 0 radical (unpaired) electrons. The molecule has 0 amide bonds. The van der Waals surface area contributed by atoms with Crippen LogP contribution >= 0.6 is 15.9 Å². The second-order valence-electron chi connectivity index (χ2n) is 4.38. The third-order valence-corrected chi connectivity index (χ3v) is 3.15. The molecule has 0 heterocycles. The maximum absolute atomic E-state index is 13.9. The van der Waals surface area contributed by atoms with Crippen molar-refractivity contribution in [3.63, 3.8) is 0 Å². The van der Waals surface area contributed by atoms with Crippen LogP contribution in [0.25, 0.3) is 0 Å². The first-order chi connectivity index (χ1) is 9.99. The van der Waals surface area contributed by atoms with Crippen molar-refractivity contribution in [3.05, 3.63) is 57.8 Å². The van der Waals surface area contributed by atoms with Crippen LogP contribution in [0.5, 0.6) is 11.5 Å². The van der Waals surface area contributed by atoms with Gasteiger partial charge in [-0.05, 0) is 36.4 Å². The molecule has 0 atom stereocenters. The van der Waals surface area contributed by atoms with E-state index in [0.717, 1.165) is 6.07 Å². The zero-order valence-electron chi connectivity index (χ0n) is 11.2. The largest absolute Gasteiger partial charge is 0.451 e. The molecule has 0 aliphatic carbocycles. The lowest BCUT2D eigenvalue weighted by atomic mass is 10.2. The standard InChI is InChI=1S/C15H13BrF3NO/c1-2-20-8-9-3-13(18)15(14(19)4-9)21-12-6-10(16)5-11(17)7-12/h3-7,20H,2,8H2,1H3. The molecular formula is C15H13BrF3NO. The third kappa shape index (κ3) is 4.22. The number of rotatable bonds is 5. The van der Waals surface area contributed by atoms with Gasteiger partial charge in [0.05, 0.1) is 0 Å². The summed E-state index contributed by atoms with van der Waals surface area (Å²) < 4.78 is 46.6. The zero-order chi connectivity index (χ0) is 15.4. The van der Waals surface area contributed by atoms with Crippen LogP contribution in [-0.2, 0) is 6.54 Å². The molecule has 6 heteroatoms. The van der Waals surface area contributed by atoms with Gasteiger partial charge in [0.2, 0.25) is 0 Å². The molecule has 1 N–H and O–H groups in total. The predicted molar refractivity (Wildman–Crippen MR) is 77.9 cm³/mol. The van der Waals surface area contributed by atoms with Gasteiger partial charge in [0.25, 0.3) is 0 Å². The average molecular weight is 360 g/mol. The van der Waals surface area contributed by atoms with Gasteiger partial charge in [-0.25, -0.2) is 13.2 Å². The minimum atomic E-state index is -0.830. The highest BCUT2D eigenvalue weighted by atomic mass is 79.9. The highest BCUT2D eigenvalue weighted by Gasteiger charge is 2.14. The van der Waals surface area contributed by atoms with Crippen LogP contribution < -0.4 is 10.1 Å². The summed E-state index contributed by atoms with van der Waals surface area (Å²) in [5.74, 6) is -2.76. The van der Waals surface area contributed by atoms with E-state index in [2.05, 4.69) is 21.2 Å². The van der Waals surface area contributed by atoms with E-state index in [0.29, 0.717) is 23.1 Å².